The van der Waals surface area contributed by atoms with E-state index in [-0.39, 0.29) is 30.9 Å². The minimum Gasteiger partial charge on any atom is -0.396 e. The standard InChI is InChI=1S/C21H35N3O5/c1-4-6-7-11-23-18(27)16-21-10-9-20(5-2,29-21)14(17(26)22-3)15(21)19(28)24(16)12-8-13-25/h14-16,25H,4-13H2,1-3H3,(H,22,26)(H,23,27)/t14-,15-,16?,20+,21?/m0/s1. The van der Waals surface area contributed by atoms with Gasteiger partial charge in [0, 0.05) is 26.7 Å². The molecule has 0 aromatic rings. The predicted molar refractivity (Wildman–Crippen MR) is 107 cm³/mol. The summed E-state index contributed by atoms with van der Waals surface area (Å²) in [6.07, 6.45) is 5.24. The molecule has 3 aliphatic heterocycles. The van der Waals surface area contributed by atoms with E-state index < -0.39 is 29.1 Å². The van der Waals surface area contributed by atoms with Crippen molar-refractivity contribution in [2.45, 2.75) is 76.0 Å². The minimum absolute atomic E-state index is 0.0646. The highest BCUT2D eigenvalue weighted by Crippen LogP contribution is 2.64. The van der Waals surface area contributed by atoms with Crippen molar-refractivity contribution in [3.8, 4) is 0 Å². The van der Waals surface area contributed by atoms with Crippen LogP contribution in [0.3, 0.4) is 0 Å². The average molecular weight is 410 g/mol. The quantitative estimate of drug-likeness (QED) is 0.458. The zero-order valence-corrected chi connectivity index (χ0v) is 17.8. The Labute approximate surface area is 172 Å². The molecular weight excluding hydrogens is 374 g/mol. The van der Waals surface area contributed by atoms with E-state index in [1.165, 1.54) is 0 Å². The van der Waals surface area contributed by atoms with Gasteiger partial charge >= 0.3 is 0 Å². The Kier molecular flexibility index (Phi) is 6.53. The van der Waals surface area contributed by atoms with Crippen molar-refractivity contribution in [2.75, 3.05) is 26.7 Å². The van der Waals surface area contributed by atoms with Gasteiger partial charge in [-0.05, 0) is 32.1 Å². The van der Waals surface area contributed by atoms with Gasteiger partial charge in [-0.1, -0.05) is 26.7 Å². The number of fused-ring (bicyclic) bond motifs is 1. The fourth-order valence-corrected chi connectivity index (χ4v) is 5.74. The summed E-state index contributed by atoms with van der Waals surface area (Å²) in [5.74, 6) is -1.84. The second-order valence-electron chi connectivity index (χ2n) is 8.55. The lowest BCUT2D eigenvalue weighted by Gasteiger charge is -2.33. The maximum absolute atomic E-state index is 13.5. The number of hydrogen-bond acceptors (Lipinski definition) is 5. The van der Waals surface area contributed by atoms with Gasteiger partial charge in [-0.2, -0.15) is 0 Å². The SMILES string of the molecule is CCCCCNC(=O)C1N(CCCO)C(=O)[C@@H]2[C@@H](C(=O)NC)[C@@]3(CC)CCC12O3. The van der Waals surface area contributed by atoms with Crippen molar-refractivity contribution < 1.29 is 24.2 Å². The van der Waals surface area contributed by atoms with Crippen LogP contribution in [0.1, 0.15) is 58.8 Å². The van der Waals surface area contributed by atoms with Crippen molar-refractivity contribution in [1.82, 2.24) is 15.5 Å². The number of aliphatic hydroxyl groups excluding tert-OH is 1. The summed E-state index contributed by atoms with van der Waals surface area (Å²) in [5, 5.41) is 15.0. The third-order valence-electron chi connectivity index (χ3n) is 7.09. The second-order valence-corrected chi connectivity index (χ2v) is 8.55. The first-order valence-corrected chi connectivity index (χ1v) is 11.0. The van der Waals surface area contributed by atoms with Crippen LogP contribution in [0, 0.1) is 11.8 Å². The zero-order chi connectivity index (χ0) is 21.2. The summed E-state index contributed by atoms with van der Waals surface area (Å²) >= 11 is 0. The average Bonchev–Trinajstić information content (AvgIpc) is 3.32. The van der Waals surface area contributed by atoms with Crippen LogP contribution in [0.2, 0.25) is 0 Å². The van der Waals surface area contributed by atoms with Crippen LogP contribution in [0.15, 0.2) is 0 Å². The van der Waals surface area contributed by atoms with E-state index in [4.69, 9.17) is 4.74 Å². The van der Waals surface area contributed by atoms with Crippen LogP contribution < -0.4 is 10.6 Å². The molecule has 1 spiro atoms. The highest BCUT2D eigenvalue weighted by atomic mass is 16.5. The summed E-state index contributed by atoms with van der Waals surface area (Å²) in [6.45, 7) is 4.86. The predicted octanol–water partition coefficient (Wildman–Crippen LogP) is 0.576. The first kappa shape index (κ1) is 22.0. The first-order valence-electron chi connectivity index (χ1n) is 11.0. The summed E-state index contributed by atoms with van der Waals surface area (Å²) in [5.41, 5.74) is -1.65. The molecular formula is C21H35N3O5. The lowest BCUT2D eigenvalue weighted by atomic mass is 9.65. The van der Waals surface area contributed by atoms with E-state index in [1.807, 2.05) is 6.92 Å². The number of aliphatic hydroxyl groups is 1. The molecule has 29 heavy (non-hydrogen) atoms. The normalized spacial score (nSPS) is 35.1. The molecule has 3 saturated heterocycles. The van der Waals surface area contributed by atoms with Gasteiger partial charge in [0.1, 0.15) is 11.6 Å². The molecule has 0 aliphatic carbocycles. The van der Waals surface area contributed by atoms with Gasteiger partial charge in [0.15, 0.2) is 0 Å². The number of nitrogens with one attached hydrogen (secondary N) is 2. The van der Waals surface area contributed by atoms with Crippen molar-refractivity contribution in [2.24, 2.45) is 11.8 Å². The fourth-order valence-electron chi connectivity index (χ4n) is 5.74. The third kappa shape index (κ3) is 3.34. The first-order chi connectivity index (χ1) is 13.9. The molecule has 3 heterocycles. The van der Waals surface area contributed by atoms with E-state index in [0.29, 0.717) is 32.2 Å². The Morgan fingerprint density at radius 2 is 1.97 bits per heavy atom. The van der Waals surface area contributed by atoms with Gasteiger partial charge in [0.25, 0.3) is 0 Å². The van der Waals surface area contributed by atoms with Crippen LogP contribution >= 0.6 is 0 Å². The van der Waals surface area contributed by atoms with Crippen molar-refractivity contribution in [1.29, 1.82) is 0 Å². The van der Waals surface area contributed by atoms with Crippen LogP contribution in [-0.4, -0.2) is 71.7 Å². The molecule has 2 unspecified atom stereocenters. The monoisotopic (exact) mass is 409 g/mol. The van der Waals surface area contributed by atoms with E-state index in [1.54, 1.807) is 11.9 Å². The Bertz CT molecular complexity index is 656. The van der Waals surface area contributed by atoms with Gasteiger partial charge in [0.05, 0.1) is 17.4 Å². The lowest BCUT2D eigenvalue weighted by molar-refractivity contribution is -0.147. The number of carbonyl (C=O) groups is 3. The van der Waals surface area contributed by atoms with Crippen molar-refractivity contribution >= 4 is 17.7 Å². The number of nitrogens with zero attached hydrogens (tertiary/aromatic N) is 1. The van der Waals surface area contributed by atoms with Gasteiger partial charge in [-0.3, -0.25) is 14.4 Å². The summed E-state index contributed by atoms with van der Waals surface area (Å²) in [6, 6.07) is -0.753. The largest absolute Gasteiger partial charge is 0.396 e. The topological polar surface area (TPSA) is 108 Å². The molecule has 8 heteroatoms. The van der Waals surface area contributed by atoms with Crippen molar-refractivity contribution in [3.63, 3.8) is 0 Å². The van der Waals surface area contributed by atoms with Crippen LogP contribution in [0.25, 0.3) is 0 Å². The van der Waals surface area contributed by atoms with Gasteiger partial charge in [-0.15, -0.1) is 0 Å². The van der Waals surface area contributed by atoms with Crippen LogP contribution in [0.4, 0.5) is 0 Å². The molecule has 3 aliphatic rings. The number of rotatable bonds is 10. The Hall–Kier alpha value is -1.67. The summed E-state index contributed by atoms with van der Waals surface area (Å²) in [7, 11) is 1.57. The lowest BCUT2D eigenvalue weighted by Crippen LogP contribution is -2.55. The molecule has 3 fully saturated rings. The van der Waals surface area contributed by atoms with E-state index in [0.717, 1.165) is 19.3 Å². The Balaban J connectivity index is 1.94. The number of ether oxygens (including phenoxy) is 1. The second kappa shape index (κ2) is 8.60. The molecule has 8 nitrogen and oxygen atoms in total. The molecule has 0 radical (unpaired) electrons. The highest BCUT2D eigenvalue weighted by Gasteiger charge is 2.78. The van der Waals surface area contributed by atoms with Crippen molar-refractivity contribution in [3.05, 3.63) is 0 Å². The number of amides is 3. The zero-order valence-electron chi connectivity index (χ0n) is 17.8. The molecule has 0 saturated carbocycles. The smallest absolute Gasteiger partial charge is 0.245 e. The third-order valence-corrected chi connectivity index (χ3v) is 7.09. The summed E-state index contributed by atoms with van der Waals surface area (Å²) < 4.78 is 6.55. The highest BCUT2D eigenvalue weighted by molar-refractivity contribution is 5.99. The fraction of sp³-hybridized carbons (Fsp3) is 0.857. The van der Waals surface area contributed by atoms with E-state index in [9.17, 15) is 19.5 Å². The number of hydrogen-bond donors (Lipinski definition) is 3. The van der Waals surface area contributed by atoms with Gasteiger partial charge < -0.3 is 25.4 Å². The Morgan fingerprint density at radius 3 is 2.59 bits per heavy atom. The van der Waals surface area contributed by atoms with Crippen LogP contribution in [-0.2, 0) is 19.1 Å². The van der Waals surface area contributed by atoms with E-state index in [2.05, 4.69) is 17.6 Å². The van der Waals surface area contributed by atoms with Gasteiger partial charge in [0.2, 0.25) is 17.7 Å². The van der Waals surface area contributed by atoms with Gasteiger partial charge in [-0.25, -0.2) is 0 Å². The molecule has 0 aromatic carbocycles. The Morgan fingerprint density at radius 1 is 1.21 bits per heavy atom. The minimum atomic E-state index is -0.964. The number of unbranched alkanes of at least 4 members (excludes halogenated alkanes) is 2. The summed E-state index contributed by atoms with van der Waals surface area (Å²) in [4.78, 5) is 41.0. The maximum Gasteiger partial charge on any atom is 0.245 e. The molecule has 3 amide bonds. The molecule has 3 rings (SSSR count). The molecule has 164 valence electrons. The molecule has 2 bridgehead atoms. The molecule has 0 aromatic heterocycles. The molecule has 3 N–H and O–H groups in total. The van der Waals surface area contributed by atoms with Crippen LogP contribution in [0.5, 0.6) is 0 Å². The van der Waals surface area contributed by atoms with E-state index >= 15 is 0 Å². The number of likely N-dealkylation sites (tertiary alicyclic amines) is 1. The number of carbonyl (C=O) groups excluding carboxylic acids is 3. The molecule has 5 atom stereocenters. The maximum atomic E-state index is 13.5.